The minimum atomic E-state index is -1.66. The molecular weight excluding hydrogens is 1210 g/mol. The molecule has 9 amide bonds. The van der Waals surface area contributed by atoms with Gasteiger partial charge in [-0.25, -0.2) is 4.79 Å². The van der Waals surface area contributed by atoms with Crippen molar-refractivity contribution >= 4 is 88.3 Å². The van der Waals surface area contributed by atoms with E-state index in [4.69, 9.17) is 40.1 Å². The summed E-state index contributed by atoms with van der Waals surface area (Å²) >= 11 is 1.27. The highest BCUT2D eigenvalue weighted by molar-refractivity contribution is 7.09. The largest absolute Gasteiger partial charge is 0.480 e. The summed E-state index contributed by atoms with van der Waals surface area (Å²) in [6.07, 6.45) is 3.42. The SMILES string of the molecule is NC(N)=NCCC[C@H](NC(=O)[C@@H]1CC2CCCCC2N1C(=O)[C@H]1Cc2ccccc2CN1C(=O)[C@H](CO)NC(=O)[C@H](Cc1cccs1)NC(=O)CNC(=O)[C@@H]1C[C@@H](O)CN1C(=O)[C@@H]1CCCN1C(=O)[C@@H](CCCN=C(N)N)NC(=O)[C@@H](N)CCCN=C(N)N)C(=O)O. The zero-order chi connectivity index (χ0) is 66.8. The Morgan fingerprint density at radius 3 is 1.89 bits per heavy atom. The van der Waals surface area contributed by atoms with Gasteiger partial charge < -0.3 is 102 Å². The van der Waals surface area contributed by atoms with Crippen molar-refractivity contribution in [2.75, 3.05) is 45.9 Å². The number of aliphatic hydroxyl groups is 2. The number of carbonyl (C=O) groups is 10. The molecule has 504 valence electrons. The van der Waals surface area contributed by atoms with Crippen LogP contribution in [0.5, 0.6) is 0 Å². The highest BCUT2D eigenvalue weighted by atomic mass is 32.1. The Hall–Kier alpha value is -8.69. The fourth-order valence-corrected chi connectivity index (χ4v) is 13.6. The van der Waals surface area contributed by atoms with Crippen molar-refractivity contribution < 1.29 is 63.3 Å². The van der Waals surface area contributed by atoms with Crippen molar-refractivity contribution in [1.82, 2.24) is 46.2 Å². The summed E-state index contributed by atoms with van der Waals surface area (Å²) < 4.78 is 0. The number of amides is 9. The number of β-amino-alcohol motifs (C(OH)–C–C–N with tert-alkyl or cyclic N) is 1. The molecule has 7 rings (SSSR count). The van der Waals surface area contributed by atoms with Gasteiger partial charge >= 0.3 is 5.97 Å². The normalized spacial score (nSPS) is 22.4. The van der Waals surface area contributed by atoms with E-state index in [1.807, 2.05) is 6.07 Å². The molecule has 1 aromatic carbocycles. The van der Waals surface area contributed by atoms with Crippen LogP contribution in [-0.4, -0.2) is 224 Å². The molecule has 2 unspecified atom stereocenters. The number of carboxylic acids is 1. The van der Waals surface area contributed by atoms with Gasteiger partial charge in [0.25, 0.3) is 0 Å². The number of nitrogens with two attached hydrogens (primary N) is 7. The van der Waals surface area contributed by atoms with Gasteiger partial charge in [-0.05, 0) is 99.1 Å². The number of aliphatic imine (C=N–C) groups is 3. The van der Waals surface area contributed by atoms with Crippen LogP contribution < -0.4 is 66.7 Å². The summed E-state index contributed by atoms with van der Waals surface area (Å²) in [6, 6.07) is -1.07. The Bertz CT molecular complexity index is 3050. The summed E-state index contributed by atoms with van der Waals surface area (Å²) in [6.45, 7) is -1.46. The Morgan fingerprint density at radius 2 is 1.25 bits per heavy atom. The van der Waals surface area contributed by atoms with Gasteiger partial charge in [-0.3, -0.25) is 58.1 Å². The minimum absolute atomic E-state index is 0.00000960. The number of nitrogens with zero attached hydrogens (tertiary/aromatic N) is 7. The smallest absolute Gasteiger partial charge is 0.326 e. The van der Waals surface area contributed by atoms with Crippen molar-refractivity contribution in [3.63, 3.8) is 0 Å². The third-order valence-electron chi connectivity index (χ3n) is 17.4. The zero-order valence-electron chi connectivity index (χ0n) is 51.4. The van der Waals surface area contributed by atoms with Gasteiger partial charge in [-0.15, -0.1) is 11.3 Å². The van der Waals surface area contributed by atoms with Crippen LogP contribution in [0.4, 0.5) is 0 Å². The molecule has 0 radical (unpaired) electrons. The first-order chi connectivity index (χ1) is 43.9. The molecule has 32 nitrogen and oxygen atoms in total. The number of hydrogen-bond acceptors (Lipinski definition) is 17. The van der Waals surface area contributed by atoms with Crippen LogP contribution in [0.3, 0.4) is 0 Å². The van der Waals surface area contributed by atoms with Crippen molar-refractivity contribution in [3.05, 3.63) is 57.8 Å². The average molecular weight is 1300 g/mol. The highest BCUT2D eigenvalue weighted by Gasteiger charge is 2.52. The lowest BCUT2D eigenvalue weighted by atomic mass is 9.84. The van der Waals surface area contributed by atoms with E-state index < -0.39 is 139 Å². The fourth-order valence-electron chi connectivity index (χ4n) is 12.9. The van der Waals surface area contributed by atoms with Crippen molar-refractivity contribution in [2.24, 2.45) is 61.0 Å². The topological polar surface area (TPSA) is 524 Å². The number of thiophene rings is 1. The summed E-state index contributed by atoms with van der Waals surface area (Å²) in [7, 11) is 0. The predicted octanol–water partition coefficient (Wildman–Crippen LogP) is -5.02. The van der Waals surface area contributed by atoms with E-state index >= 15 is 4.79 Å². The average Bonchev–Trinajstić information content (AvgIpc) is 1.49. The first-order valence-corrected chi connectivity index (χ1v) is 32.1. The molecule has 0 bridgehead atoms. The second kappa shape index (κ2) is 33.6. The molecule has 92 heavy (non-hydrogen) atoms. The number of aliphatic carboxylic acids is 1. The van der Waals surface area contributed by atoms with Crippen LogP contribution in [0.15, 0.2) is 56.8 Å². The highest BCUT2D eigenvalue weighted by Crippen LogP contribution is 2.41. The Kier molecular flexibility index (Phi) is 25.8. The van der Waals surface area contributed by atoms with Gasteiger partial charge in [-0.1, -0.05) is 43.2 Å². The van der Waals surface area contributed by atoms with E-state index in [0.717, 1.165) is 29.7 Å². The number of carbonyl (C=O) groups excluding carboxylic acids is 9. The quantitative estimate of drug-likeness (QED) is 0.0198. The third kappa shape index (κ3) is 19.0. The van der Waals surface area contributed by atoms with Crippen LogP contribution >= 0.6 is 11.3 Å². The Morgan fingerprint density at radius 1 is 0.620 bits per heavy atom. The number of nitrogens with one attached hydrogen (secondary N) is 5. The maximum Gasteiger partial charge on any atom is 0.326 e. The molecule has 3 saturated heterocycles. The molecule has 4 fully saturated rings. The van der Waals surface area contributed by atoms with Gasteiger partial charge in [0.15, 0.2) is 17.9 Å². The van der Waals surface area contributed by atoms with Crippen LogP contribution in [0.25, 0.3) is 0 Å². The number of rotatable bonds is 30. The summed E-state index contributed by atoms with van der Waals surface area (Å²) in [5, 5.41) is 46.8. The van der Waals surface area contributed by atoms with Crippen molar-refractivity contribution in [2.45, 2.75) is 176 Å². The molecule has 5 heterocycles. The second-order valence-corrected chi connectivity index (χ2v) is 25.0. The van der Waals surface area contributed by atoms with Gasteiger partial charge in [0.05, 0.1) is 25.3 Å². The minimum Gasteiger partial charge on any atom is -0.480 e. The zero-order valence-corrected chi connectivity index (χ0v) is 52.3. The van der Waals surface area contributed by atoms with Gasteiger partial charge in [0.1, 0.15) is 48.3 Å². The molecule has 33 heteroatoms. The van der Waals surface area contributed by atoms with E-state index in [1.165, 1.54) is 26.0 Å². The van der Waals surface area contributed by atoms with Crippen LogP contribution in [0.1, 0.15) is 106 Å². The number of aliphatic hydroxyl groups excluding tert-OH is 2. The van der Waals surface area contributed by atoms with Gasteiger partial charge in [0, 0.05) is 69.4 Å². The van der Waals surface area contributed by atoms with Gasteiger partial charge in [-0.2, -0.15) is 0 Å². The van der Waals surface area contributed by atoms with E-state index in [-0.39, 0.29) is 127 Å². The molecule has 12 atom stereocenters. The van der Waals surface area contributed by atoms with E-state index in [1.54, 1.807) is 35.7 Å². The Labute approximate surface area is 536 Å². The monoisotopic (exact) mass is 1300 g/mol. The molecule has 22 N–H and O–H groups in total. The number of likely N-dealkylation sites (tertiary alicyclic amines) is 3. The molecule has 1 saturated carbocycles. The van der Waals surface area contributed by atoms with E-state index in [9.17, 15) is 58.5 Å². The lowest BCUT2D eigenvalue weighted by Crippen LogP contribution is -2.63. The molecule has 2 aromatic rings. The first kappa shape index (κ1) is 70.8. The lowest BCUT2D eigenvalue weighted by Gasteiger charge is -2.42. The van der Waals surface area contributed by atoms with Crippen LogP contribution in [0, 0.1) is 5.92 Å². The molecule has 4 aliphatic heterocycles. The molecular formula is C59H89N19O13S. The molecule has 1 aliphatic carbocycles. The van der Waals surface area contributed by atoms with Crippen LogP contribution in [0.2, 0.25) is 0 Å². The molecule has 5 aliphatic rings. The summed E-state index contributed by atoms with van der Waals surface area (Å²) in [4.78, 5) is 159. The maximum atomic E-state index is 15.3. The molecule has 1 aromatic heterocycles. The van der Waals surface area contributed by atoms with Crippen molar-refractivity contribution in [1.29, 1.82) is 0 Å². The maximum absolute atomic E-state index is 15.3. The summed E-state index contributed by atoms with van der Waals surface area (Å²) in [5.41, 5.74) is 40.3. The van der Waals surface area contributed by atoms with Crippen LogP contribution in [-0.2, 0) is 67.3 Å². The second-order valence-electron chi connectivity index (χ2n) is 23.9. The number of fused-ring (bicyclic) bond motifs is 2. The fraction of sp³-hybridized carbons (Fsp3) is 0.610. The van der Waals surface area contributed by atoms with E-state index in [2.05, 4.69) is 41.6 Å². The Balaban J connectivity index is 1.02. The van der Waals surface area contributed by atoms with Gasteiger partial charge in [0.2, 0.25) is 53.2 Å². The standard InChI is InChI=1S/C59H89N19O13S/c60-37(14-5-19-67-57(61)62)48(82)72-38(15-6-20-68-58(63)64)52(86)75-22-8-18-43(75)54(88)77-30-35(80)26-44(77)50(84)70-28-47(81)71-40(27-36-13-9-23-92-36)49(83)74-41(31-79)53(87)76-29-34-12-2-1-10-32(34)24-46(76)55(89)78-42-17-4-3-11-33(42)25-45(78)51(85)73-39(56(90)91)16-7-21-69-59(65)66/h1-2,9-10,12-13,23,33,35,37-46,79-80H,3-8,11,14-22,24-31,60H2,(H,70,84)(H,71,81)(H,72,82)(H,73,85)(H,74,83)(H,90,91)(H4,61,62,67)(H4,63,64,68)(H4,65,66,69)/t33?,35-,37+,38-,39+,40+,41+,42?,43+,44+,45+,46-/m1/s1. The number of benzene rings is 1. The number of guanidine groups is 3. The lowest BCUT2D eigenvalue weighted by molar-refractivity contribution is -0.153. The first-order valence-electron chi connectivity index (χ1n) is 31.2. The molecule has 0 spiro atoms. The number of hydrogen-bond donors (Lipinski definition) is 15. The third-order valence-corrected chi connectivity index (χ3v) is 18.3. The van der Waals surface area contributed by atoms with Crippen molar-refractivity contribution in [3.8, 4) is 0 Å². The summed E-state index contributed by atoms with van der Waals surface area (Å²) in [5.74, 6) is -8.33. The van der Waals surface area contributed by atoms with E-state index in [0.29, 0.717) is 29.7 Å². The predicted molar refractivity (Wildman–Crippen MR) is 338 cm³/mol. The number of carboxylic acid groups (broad SMARTS) is 1.